The highest BCUT2D eigenvalue weighted by molar-refractivity contribution is 5.92. The molecule has 2 unspecified atom stereocenters. The van der Waals surface area contributed by atoms with Gasteiger partial charge in [-0.05, 0) is 44.2 Å². The van der Waals surface area contributed by atoms with E-state index in [1.54, 1.807) is 18.2 Å². The van der Waals surface area contributed by atoms with Crippen molar-refractivity contribution >= 4 is 11.6 Å². The normalized spacial score (nSPS) is 14.2. The van der Waals surface area contributed by atoms with Gasteiger partial charge in [-0.25, -0.2) is 0 Å². The van der Waals surface area contributed by atoms with E-state index in [0.29, 0.717) is 12.1 Å². The smallest absolute Gasteiger partial charge is 0.248 e. The number of anilines is 1. The number of nitrogens with zero attached hydrogens (tertiary/aromatic N) is 1. The van der Waals surface area contributed by atoms with E-state index in [1.807, 2.05) is 18.2 Å². The first-order valence-electron chi connectivity index (χ1n) is 9.73. The maximum atomic E-state index is 11.4. The molecule has 0 bridgehead atoms. The fourth-order valence-corrected chi connectivity index (χ4v) is 3.05. The third kappa shape index (κ3) is 6.54. The summed E-state index contributed by atoms with van der Waals surface area (Å²) in [4.78, 5) is 13.7. The quantitative estimate of drug-likeness (QED) is 0.317. The van der Waals surface area contributed by atoms with E-state index < -0.39 is 11.7 Å². The van der Waals surface area contributed by atoms with Crippen molar-refractivity contribution in [2.24, 2.45) is 5.73 Å². The van der Waals surface area contributed by atoms with Crippen molar-refractivity contribution in [1.82, 2.24) is 5.32 Å². The van der Waals surface area contributed by atoms with Crippen LogP contribution in [0.25, 0.3) is 0 Å². The fraction of sp³-hybridized carbons (Fsp3) is 0.409. The van der Waals surface area contributed by atoms with Crippen LogP contribution in [0.3, 0.4) is 0 Å². The number of carbonyl (C=O) groups excluding carboxylic acids is 1. The van der Waals surface area contributed by atoms with E-state index in [-0.39, 0.29) is 31.4 Å². The third-order valence-electron chi connectivity index (χ3n) is 4.96. The van der Waals surface area contributed by atoms with E-state index in [2.05, 4.69) is 36.3 Å². The van der Waals surface area contributed by atoms with Gasteiger partial charge in [0.05, 0.1) is 19.8 Å². The molecule has 158 valence electrons. The Hall–Kier alpha value is -2.45. The predicted molar refractivity (Wildman–Crippen MR) is 114 cm³/mol. The van der Waals surface area contributed by atoms with Gasteiger partial charge in [0, 0.05) is 29.9 Å². The van der Waals surface area contributed by atoms with Crippen molar-refractivity contribution in [3.8, 4) is 0 Å². The minimum atomic E-state index is -1.68. The highest BCUT2D eigenvalue weighted by Crippen LogP contribution is 2.23. The predicted octanol–water partition coefficient (Wildman–Crippen LogP) is 1.44. The summed E-state index contributed by atoms with van der Waals surface area (Å²) in [6.07, 6.45) is 0.850. The minimum Gasteiger partial charge on any atom is -0.394 e. The number of nitrogens with two attached hydrogens (primary N) is 1. The number of rotatable bonds is 12. The van der Waals surface area contributed by atoms with Gasteiger partial charge in [-0.1, -0.05) is 30.3 Å². The first kappa shape index (κ1) is 22.8. The SMILES string of the molecule is CC(CCNCC(O)(OCCO)c1cccc(C(N)=O)c1)N(C)c1ccccc1. The van der Waals surface area contributed by atoms with Crippen LogP contribution >= 0.6 is 0 Å². The lowest BCUT2D eigenvalue weighted by Crippen LogP contribution is -2.42. The van der Waals surface area contributed by atoms with E-state index >= 15 is 0 Å². The Morgan fingerprint density at radius 2 is 1.97 bits per heavy atom. The van der Waals surface area contributed by atoms with Crippen molar-refractivity contribution < 1.29 is 19.7 Å². The lowest BCUT2D eigenvalue weighted by atomic mass is 10.0. The molecule has 2 aromatic rings. The van der Waals surface area contributed by atoms with Crippen molar-refractivity contribution in [3.63, 3.8) is 0 Å². The second-order valence-electron chi connectivity index (χ2n) is 7.06. The average molecular weight is 402 g/mol. The number of benzene rings is 2. The Morgan fingerprint density at radius 1 is 1.24 bits per heavy atom. The first-order valence-corrected chi connectivity index (χ1v) is 9.73. The Bertz CT molecular complexity index is 772. The number of ether oxygens (including phenoxy) is 1. The van der Waals surface area contributed by atoms with E-state index in [1.165, 1.54) is 6.07 Å². The summed E-state index contributed by atoms with van der Waals surface area (Å²) in [6.45, 7) is 2.64. The Labute approximate surface area is 172 Å². The molecule has 7 nitrogen and oxygen atoms in total. The van der Waals surface area contributed by atoms with Crippen molar-refractivity contribution in [3.05, 3.63) is 65.7 Å². The Morgan fingerprint density at radius 3 is 2.62 bits per heavy atom. The highest BCUT2D eigenvalue weighted by Gasteiger charge is 2.30. The molecule has 0 aromatic heterocycles. The molecule has 0 saturated carbocycles. The summed E-state index contributed by atoms with van der Waals surface area (Å²) in [5.41, 5.74) is 7.17. The molecule has 2 rings (SSSR count). The van der Waals surface area contributed by atoms with Gasteiger partial charge < -0.3 is 30.9 Å². The molecular weight excluding hydrogens is 370 g/mol. The second kappa shape index (κ2) is 10.9. The molecule has 2 aromatic carbocycles. The Kier molecular flexibility index (Phi) is 8.60. The third-order valence-corrected chi connectivity index (χ3v) is 4.96. The summed E-state index contributed by atoms with van der Waals surface area (Å²) in [6, 6.07) is 16.8. The molecule has 0 aliphatic heterocycles. The van der Waals surface area contributed by atoms with Crippen LogP contribution in [0, 0.1) is 0 Å². The summed E-state index contributed by atoms with van der Waals surface area (Å²) < 4.78 is 5.50. The number of carbonyl (C=O) groups is 1. The van der Waals surface area contributed by atoms with Gasteiger partial charge in [0.15, 0.2) is 0 Å². The summed E-state index contributed by atoms with van der Waals surface area (Å²) in [7, 11) is 2.05. The zero-order valence-corrected chi connectivity index (χ0v) is 17.0. The topological polar surface area (TPSA) is 108 Å². The fourth-order valence-electron chi connectivity index (χ4n) is 3.05. The highest BCUT2D eigenvalue weighted by atomic mass is 16.6. The van der Waals surface area contributed by atoms with Crippen LogP contribution < -0.4 is 16.0 Å². The van der Waals surface area contributed by atoms with Gasteiger partial charge in [-0.3, -0.25) is 4.79 Å². The first-order chi connectivity index (χ1) is 13.9. The molecule has 0 radical (unpaired) electrons. The molecular formula is C22H31N3O4. The van der Waals surface area contributed by atoms with Gasteiger partial charge >= 0.3 is 0 Å². The monoisotopic (exact) mass is 401 g/mol. The molecule has 1 amide bonds. The molecule has 0 spiro atoms. The molecule has 2 atom stereocenters. The standard InChI is InChI=1S/C22H31N3O4/c1-17(25(2)20-9-4-3-5-10-20)11-12-24-16-22(28,29-14-13-26)19-8-6-7-18(15-19)21(23)27/h3-10,15,17,24,26,28H,11-14,16H2,1-2H3,(H2,23,27). The molecule has 0 heterocycles. The summed E-state index contributed by atoms with van der Waals surface area (Å²) in [5, 5.41) is 23.3. The summed E-state index contributed by atoms with van der Waals surface area (Å²) in [5.74, 6) is -2.26. The second-order valence-corrected chi connectivity index (χ2v) is 7.06. The van der Waals surface area contributed by atoms with Gasteiger partial charge in [0.1, 0.15) is 0 Å². The van der Waals surface area contributed by atoms with Crippen LogP contribution in [0.1, 0.15) is 29.3 Å². The van der Waals surface area contributed by atoms with Crippen LogP contribution in [0.5, 0.6) is 0 Å². The van der Waals surface area contributed by atoms with E-state index in [4.69, 9.17) is 15.6 Å². The average Bonchev–Trinajstić information content (AvgIpc) is 2.75. The van der Waals surface area contributed by atoms with Crippen molar-refractivity contribution in [2.45, 2.75) is 25.2 Å². The number of amides is 1. The van der Waals surface area contributed by atoms with Gasteiger partial charge in [0.2, 0.25) is 11.7 Å². The van der Waals surface area contributed by atoms with Gasteiger partial charge in [-0.2, -0.15) is 0 Å². The zero-order chi connectivity index (χ0) is 21.3. The zero-order valence-electron chi connectivity index (χ0n) is 17.0. The molecule has 7 heteroatoms. The molecule has 29 heavy (non-hydrogen) atoms. The molecule has 0 aliphatic carbocycles. The Balaban J connectivity index is 1.96. The number of nitrogens with one attached hydrogen (secondary N) is 1. The number of primary amides is 1. The van der Waals surface area contributed by atoms with Crippen molar-refractivity contribution in [1.29, 1.82) is 0 Å². The maximum Gasteiger partial charge on any atom is 0.248 e. The lowest BCUT2D eigenvalue weighted by Gasteiger charge is -2.30. The molecule has 0 saturated heterocycles. The maximum absolute atomic E-state index is 11.4. The largest absolute Gasteiger partial charge is 0.394 e. The van der Waals surface area contributed by atoms with Crippen LogP contribution in [-0.4, -0.2) is 55.5 Å². The molecule has 5 N–H and O–H groups in total. The van der Waals surface area contributed by atoms with Gasteiger partial charge in [-0.15, -0.1) is 0 Å². The number of hydrogen-bond donors (Lipinski definition) is 4. The van der Waals surface area contributed by atoms with E-state index in [9.17, 15) is 9.90 Å². The van der Waals surface area contributed by atoms with Crippen LogP contribution in [0.15, 0.2) is 54.6 Å². The number of hydrogen-bond acceptors (Lipinski definition) is 6. The van der Waals surface area contributed by atoms with Crippen LogP contribution in [-0.2, 0) is 10.5 Å². The van der Waals surface area contributed by atoms with Gasteiger partial charge in [0.25, 0.3) is 0 Å². The van der Waals surface area contributed by atoms with Crippen LogP contribution in [0.2, 0.25) is 0 Å². The lowest BCUT2D eigenvalue weighted by molar-refractivity contribution is -0.213. The molecule has 0 aliphatic rings. The molecule has 0 fully saturated rings. The van der Waals surface area contributed by atoms with Crippen LogP contribution in [0.4, 0.5) is 5.69 Å². The number of aliphatic hydroxyl groups excluding tert-OH is 1. The van der Waals surface area contributed by atoms with E-state index in [0.717, 1.165) is 12.1 Å². The number of aliphatic hydroxyl groups is 2. The summed E-state index contributed by atoms with van der Waals surface area (Å²) >= 11 is 0. The number of para-hydroxylation sites is 1. The minimum absolute atomic E-state index is 0.0356. The van der Waals surface area contributed by atoms with Crippen molar-refractivity contribution in [2.75, 3.05) is 38.3 Å².